The first-order chi connectivity index (χ1) is 13.5. The summed E-state index contributed by atoms with van der Waals surface area (Å²) in [6.07, 6.45) is 9.73. The number of rotatable bonds is 3. The number of hydrogen-bond acceptors (Lipinski definition) is 2. The number of nitrogens with one attached hydrogen (secondary N) is 1. The van der Waals surface area contributed by atoms with E-state index in [1.165, 1.54) is 11.1 Å². The predicted molar refractivity (Wildman–Crippen MR) is 117 cm³/mol. The van der Waals surface area contributed by atoms with Crippen LogP contribution >= 0.6 is 11.6 Å². The zero-order chi connectivity index (χ0) is 19.7. The van der Waals surface area contributed by atoms with Gasteiger partial charge in [0.1, 0.15) is 5.54 Å². The van der Waals surface area contributed by atoms with E-state index >= 15 is 0 Å². The lowest BCUT2D eigenvalue weighted by atomic mass is 9.63. The van der Waals surface area contributed by atoms with Gasteiger partial charge in [-0.15, -0.1) is 0 Å². The van der Waals surface area contributed by atoms with Crippen molar-refractivity contribution in [2.45, 2.75) is 32.2 Å². The second-order valence-electron chi connectivity index (χ2n) is 7.52. The monoisotopic (exact) mass is 390 g/mol. The van der Waals surface area contributed by atoms with Crippen LogP contribution in [0.1, 0.15) is 37.1 Å². The van der Waals surface area contributed by atoms with Gasteiger partial charge in [-0.1, -0.05) is 59.7 Å². The molecular formula is C24H23ClN2O. The Morgan fingerprint density at radius 3 is 2.79 bits per heavy atom. The maximum atomic E-state index is 11.9. The molecule has 2 bridgehead atoms. The summed E-state index contributed by atoms with van der Waals surface area (Å²) in [6.45, 7) is 4.22. The first-order valence-corrected chi connectivity index (χ1v) is 9.94. The zero-order valence-corrected chi connectivity index (χ0v) is 16.8. The second-order valence-corrected chi connectivity index (χ2v) is 7.95. The predicted octanol–water partition coefficient (Wildman–Crippen LogP) is 5.39. The second kappa shape index (κ2) is 7.40. The van der Waals surface area contributed by atoms with Gasteiger partial charge in [0.2, 0.25) is 5.56 Å². The highest BCUT2D eigenvalue weighted by Gasteiger charge is 2.46. The molecule has 0 fully saturated rings. The van der Waals surface area contributed by atoms with Crippen LogP contribution in [0.4, 0.5) is 0 Å². The molecule has 2 aliphatic carbocycles. The summed E-state index contributed by atoms with van der Waals surface area (Å²) in [6, 6.07) is 13.5. The van der Waals surface area contributed by atoms with Crippen molar-refractivity contribution < 1.29 is 0 Å². The Morgan fingerprint density at radius 1 is 1.25 bits per heavy atom. The molecule has 1 N–H and O–H groups in total. The smallest absolute Gasteiger partial charge is 0.248 e. The highest BCUT2D eigenvalue weighted by atomic mass is 35.5. The molecule has 28 heavy (non-hydrogen) atoms. The summed E-state index contributed by atoms with van der Waals surface area (Å²) < 4.78 is 0. The summed E-state index contributed by atoms with van der Waals surface area (Å²) >= 11 is 6.51. The Kier molecular flexibility index (Phi) is 4.94. The Bertz CT molecular complexity index is 1080. The molecule has 0 radical (unpaired) electrons. The quantitative estimate of drug-likeness (QED) is 0.554. The highest BCUT2D eigenvalue weighted by Crippen LogP contribution is 2.51. The van der Waals surface area contributed by atoms with Crippen molar-refractivity contribution in [2.24, 2.45) is 10.9 Å². The standard InChI is InChI=1S/C24H23ClN2O/c1-3-20-18-11-16(2)14-24(20,21-9-10-23(28)27-22(21)13-18)26-15-19(25)12-17-7-5-4-6-8-17/h3-12,15,18H,13-14H2,1-2H3,(H,27,28)/t18-,24+/m0/s1. The van der Waals surface area contributed by atoms with Crippen molar-refractivity contribution in [3.8, 4) is 0 Å². The van der Waals surface area contributed by atoms with E-state index in [-0.39, 0.29) is 11.5 Å². The van der Waals surface area contributed by atoms with E-state index in [9.17, 15) is 4.79 Å². The molecule has 0 unspecified atom stereocenters. The average Bonchev–Trinajstić information content (AvgIpc) is 2.66. The summed E-state index contributed by atoms with van der Waals surface area (Å²) in [4.78, 5) is 20.0. The van der Waals surface area contributed by atoms with Crippen molar-refractivity contribution in [2.75, 3.05) is 0 Å². The van der Waals surface area contributed by atoms with Gasteiger partial charge in [-0.05, 0) is 43.5 Å². The molecule has 0 spiro atoms. The van der Waals surface area contributed by atoms with E-state index in [1.54, 1.807) is 12.3 Å². The topological polar surface area (TPSA) is 45.2 Å². The lowest BCUT2D eigenvalue weighted by Crippen LogP contribution is -2.40. The minimum Gasteiger partial charge on any atom is -0.326 e. The number of H-pyrrole nitrogens is 1. The number of benzene rings is 1. The van der Waals surface area contributed by atoms with E-state index in [0.29, 0.717) is 5.03 Å². The van der Waals surface area contributed by atoms with Crippen LogP contribution in [0.15, 0.2) is 80.6 Å². The number of aliphatic imine (C=N–C) groups is 1. The average molecular weight is 391 g/mol. The zero-order valence-electron chi connectivity index (χ0n) is 16.1. The Morgan fingerprint density at radius 2 is 2.04 bits per heavy atom. The normalized spacial score (nSPS) is 25.7. The van der Waals surface area contributed by atoms with Crippen LogP contribution in [0, 0.1) is 5.92 Å². The summed E-state index contributed by atoms with van der Waals surface area (Å²) in [5.74, 6) is 0.248. The molecule has 4 heteroatoms. The van der Waals surface area contributed by atoms with Crippen molar-refractivity contribution in [3.63, 3.8) is 0 Å². The summed E-state index contributed by atoms with van der Waals surface area (Å²) in [5, 5.41) is 0.580. The van der Waals surface area contributed by atoms with E-state index < -0.39 is 5.54 Å². The lowest BCUT2D eigenvalue weighted by Gasteiger charge is -2.45. The Hall–Kier alpha value is -2.65. The number of allylic oxidation sites excluding steroid dienone is 3. The van der Waals surface area contributed by atoms with Crippen molar-refractivity contribution in [3.05, 3.63) is 98.0 Å². The number of aromatic nitrogens is 1. The number of fused-ring (bicyclic) bond motifs is 4. The first kappa shape index (κ1) is 18.7. The lowest BCUT2D eigenvalue weighted by molar-refractivity contribution is 0.413. The molecule has 3 nitrogen and oxygen atoms in total. The fourth-order valence-electron chi connectivity index (χ4n) is 4.57. The van der Waals surface area contributed by atoms with Crippen LogP contribution in [0.5, 0.6) is 0 Å². The van der Waals surface area contributed by atoms with Gasteiger partial charge in [-0.2, -0.15) is 0 Å². The van der Waals surface area contributed by atoms with Gasteiger partial charge in [-0.3, -0.25) is 9.79 Å². The van der Waals surface area contributed by atoms with Gasteiger partial charge < -0.3 is 4.98 Å². The maximum absolute atomic E-state index is 11.9. The third-order valence-corrected chi connectivity index (χ3v) is 5.80. The van der Waals surface area contributed by atoms with Crippen molar-refractivity contribution in [1.82, 2.24) is 4.98 Å². The molecular weight excluding hydrogens is 368 g/mol. The maximum Gasteiger partial charge on any atom is 0.248 e. The number of halogens is 1. The molecule has 1 heterocycles. The number of nitrogens with zero attached hydrogens (tertiary/aromatic N) is 1. The van der Waals surface area contributed by atoms with Gasteiger partial charge >= 0.3 is 0 Å². The van der Waals surface area contributed by atoms with Gasteiger partial charge in [0.25, 0.3) is 0 Å². The van der Waals surface area contributed by atoms with Crippen LogP contribution in [-0.4, -0.2) is 11.2 Å². The molecule has 0 amide bonds. The molecule has 0 saturated heterocycles. The molecule has 0 aliphatic heterocycles. The largest absolute Gasteiger partial charge is 0.326 e. The first-order valence-electron chi connectivity index (χ1n) is 9.56. The van der Waals surface area contributed by atoms with Gasteiger partial charge in [0.05, 0.1) is 5.03 Å². The molecule has 2 aromatic rings. The molecule has 2 atom stereocenters. The third kappa shape index (κ3) is 3.31. The Labute approximate surface area is 170 Å². The van der Waals surface area contributed by atoms with Crippen LogP contribution in [0.3, 0.4) is 0 Å². The molecule has 142 valence electrons. The van der Waals surface area contributed by atoms with E-state index in [1.807, 2.05) is 42.5 Å². The van der Waals surface area contributed by atoms with Gasteiger partial charge in [0.15, 0.2) is 0 Å². The third-order valence-electron chi connectivity index (χ3n) is 5.59. The summed E-state index contributed by atoms with van der Waals surface area (Å²) in [5.41, 5.74) is 5.10. The fraction of sp³-hybridized carbons (Fsp3) is 0.250. The molecule has 2 aliphatic rings. The van der Waals surface area contributed by atoms with E-state index in [4.69, 9.17) is 16.6 Å². The minimum atomic E-state index is -0.513. The van der Waals surface area contributed by atoms with Crippen LogP contribution in [-0.2, 0) is 12.0 Å². The number of hydrogen-bond donors (Lipinski definition) is 1. The fourth-order valence-corrected chi connectivity index (χ4v) is 4.74. The van der Waals surface area contributed by atoms with Gasteiger partial charge in [-0.25, -0.2) is 0 Å². The van der Waals surface area contributed by atoms with E-state index in [2.05, 4.69) is 31.0 Å². The van der Waals surface area contributed by atoms with Crippen molar-refractivity contribution in [1.29, 1.82) is 0 Å². The highest BCUT2D eigenvalue weighted by molar-refractivity contribution is 6.41. The van der Waals surface area contributed by atoms with Crippen LogP contribution < -0.4 is 5.56 Å². The SMILES string of the molecule is CC=C1[C@H]2C=C(C)C[C@]1(N=CC(Cl)=Cc1ccccc1)c1ccc(=O)[nH]c1C2. The van der Waals surface area contributed by atoms with Crippen LogP contribution in [0.2, 0.25) is 0 Å². The van der Waals surface area contributed by atoms with Gasteiger partial charge in [0, 0.05) is 35.9 Å². The minimum absolute atomic E-state index is 0.0670. The summed E-state index contributed by atoms with van der Waals surface area (Å²) in [7, 11) is 0. The Balaban J connectivity index is 1.83. The molecule has 1 aromatic carbocycles. The molecule has 1 aromatic heterocycles. The van der Waals surface area contributed by atoms with E-state index in [0.717, 1.165) is 29.7 Å². The molecule has 0 saturated carbocycles. The number of aromatic amines is 1. The molecule has 4 rings (SSSR count). The van der Waals surface area contributed by atoms with Crippen LogP contribution in [0.25, 0.3) is 6.08 Å². The van der Waals surface area contributed by atoms with Crippen molar-refractivity contribution >= 4 is 23.9 Å². The number of pyridine rings is 1.